The van der Waals surface area contributed by atoms with Crippen molar-refractivity contribution in [2.45, 2.75) is 72.3 Å². The van der Waals surface area contributed by atoms with Crippen LogP contribution < -0.4 is 0 Å². The molecule has 0 aliphatic carbocycles. The van der Waals surface area contributed by atoms with E-state index in [4.69, 9.17) is 0 Å². The minimum absolute atomic E-state index is 0.0409. The summed E-state index contributed by atoms with van der Waals surface area (Å²) in [5.74, 6) is -5.06. The maximum Gasteiger partial charge on any atom is 0.261 e. The van der Waals surface area contributed by atoms with Crippen LogP contribution in [0.15, 0.2) is 0 Å². The van der Waals surface area contributed by atoms with Crippen LogP contribution in [0.5, 0.6) is 0 Å². The van der Waals surface area contributed by atoms with Crippen molar-refractivity contribution in [2.75, 3.05) is 26.2 Å². The molecular formula is C20H34F2N2O2. The predicted octanol–water partition coefficient (Wildman–Crippen LogP) is 3.60. The van der Waals surface area contributed by atoms with E-state index in [0.29, 0.717) is 0 Å². The van der Waals surface area contributed by atoms with Gasteiger partial charge in [0.25, 0.3) is 5.92 Å². The summed E-state index contributed by atoms with van der Waals surface area (Å²) in [7, 11) is 0. The minimum Gasteiger partial charge on any atom is -0.341 e. The van der Waals surface area contributed by atoms with Gasteiger partial charge in [-0.1, -0.05) is 20.8 Å². The molecule has 2 aliphatic rings. The number of ketones is 1. The molecule has 1 unspecified atom stereocenters. The largest absolute Gasteiger partial charge is 0.341 e. The number of rotatable bonds is 2. The fourth-order valence-corrected chi connectivity index (χ4v) is 3.96. The maximum absolute atomic E-state index is 14.3. The van der Waals surface area contributed by atoms with Gasteiger partial charge < -0.3 is 4.90 Å². The third-order valence-electron chi connectivity index (χ3n) is 5.79. The number of hydrogen-bond acceptors (Lipinski definition) is 3. The van der Waals surface area contributed by atoms with Crippen molar-refractivity contribution < 1.29 is 18.4 Å². The highest BCUT2D eigenvalue weighted by atomic mass is 19.3. The highest BCUT2D eigenvalue weighted by Crippen LogP contribution is 2.39. The molecule has 2 aliphatic heterocycles. The summed E-state index contributed by atoms with van der Waals surface area (Å²) in [5, 5.41) is 0. The van der Waals surface area contributed by atoms with E-state index in [1.807, 2.05) is 0 Å². The minimum atomic E-state index is -3.03. The lowest BCUT2D eigenvalue weighted by Crippen LogP contribution is -2.56. The molecule has 0 aromatic heterocycles. The number of carbonyl (C=O) groups is 2. The maximum atomic E-state index is 14.3. The smallest absolute Gasteiger partial charge is 0.261 e. The Balaban J connectivity index is 2.03. The van der Waals surface area contributed by atoms with Crippen LogP contribution in [0.25, 0.3) is 0 Å². The quantitative estimate of drug-likeness (QED) is 0.744. The van der Waals surface area contributed by atoms with Crippen molar-refractivity contribution in [3.05, 3.63) is 0 Å². The van der Waals surface area contributed by atoms with Gasteiger partial charge in [0.2, 0.25) is 5.91 Å². The Morgan fingerprint density at radius 2 is 1.50 bits per heavy atom. The van der Waals surface area contributed by atoms with E-state index in [1.165, 1.54) is 4.90 Å². The molecule has 4 nitrogen and oxygen atoms in total. The van der Waals surface area contributed by atoms with Crippen molar-refractivity contribution in [3.8, 4) is 0 Å². The molecule has 6 heteroatoms. The Hall–Kier alpha value is -1.04. The van der Waals surface area contributed by atoms with Gasteiger partial charge in [-0.3, -0.25) is 14.5 Å². The summed E-state index contributed by atoms with van der Waals surface area (Å²) in [6.45, 7) is 13.0. The second kappa shape index (κ2) is 7.17. The van der Waals surface area contributed by atoms with Crippen molar-refractivity contribution in [2.24, 2.45) is 17.3 Å². The lowest BCUT2D eigenvalue weighted by atomic mass is 9.77. The molecule has 1 atom stereocenters. The van der Waals surface area contributed by atoms with E-state index in [0.717, 1.165) is 25.9 Å². The number of nitrogens with zero attached hydrogens (tertiary/aromatic N) is 2. The third kappa shape index (κ3) is 4.62. The molecule has 2 saturated heterocycles. The highest BCUT2D eigenvalue weighted by Gasteiger charge is 2.51. The lowest BCUT2D eigenvalue weighted by Gasteiger charge is -2.43. The average Bonchev–Trinajstić information content (AvgIpc) is 2.52. The highest BCUT2D eigenvalue weighted by molar-refractivity contribution is 5.88. The molecule has 0 N–H and O–H groups in total. The molecule has 0 radical (unpaired) electrons. The van der Waals surface area contributed by atoms with Crippen molar-refractivity contribution in [3.63, 3.8) is 0 Å². The van der Waals surface area contributed by atoms with E-state index in [2.05, 4.69) is 25.7 Å². The van der Waals surface area contributed by atoms with Crippen molar-refractivity contribution in [1.29, 1.82) is 0 Å². The van der Waals surface area contributed by atoms with E-state index in [9.17, 15) is 18.4 Å². The van der Waals surface area contributed by atoms with Crippen LogP contribution in [-0.4, -0.2) is 59.1 Å². The van der Waals surface area contributed by atoms with Crippen LogP contribution in [0.1, 0.15) is 60.8 Å². The SMILES string of the molecule is CC(C)(C)C(=O)C1CN(C(=O)C2CCN(C(C)(C)C)CC2)CCC1(F)F. The van der Waals surface area contributed by atoms with Gasteiger partial charge in [-0.15, -0.1) is 0 Å². The van der Waals surface area contributed by atoms with Crippen molar-refractivity contribution in [1.82, 2.24) is 9.80 Å². The van der Waals surface area contributed by atoms with Gasteiger partial charge in [-0.2, -0.15) is 0 Å². The van der Waals surface area contributed by atoms with Gasteiger partial charge in [0.1, 0.15) is 5.78 Å². The third-order valence-corrected chi connectivity index (χ3v) is 5.79. The Morgan fingerprint density at radius 3 is 1.96 bits per heavy atom. The van der Waals surface area contributed by atoms with E-state index in [-0.39, 0.29) is 30.5 Å². The number of piperidine rings is 2. The van der Waals surface area contributed by atoms with Gasteiger partial charge in [0.15, 0.2) is 0 Å². The van der Waals surface area contributed by atoms with Crippen LogP contribution in [0.4, 0.5) is 8.78 Å². The Labute approximate surface area is 156 Å². The molecule has 0 saturated carbocycles. The predicted molar refractivity (Wildman–Crippen MR) is 98.1 cm³/mol. The molecule has 0 spiro atoms. The number of likely N-dealkylation sites (tertiary alicyclic amines) is 2. The van der Waals surface area contributed by atoms with Gasteiger partial charge in [-0.05, 0) is 46.7 Å². The number of amides is 1. The first kappa shape index (κ1) is 21.3. The normalized spacial score (nSPS) is 26.0. The fraction of sp³-hybridized carbons (Fsp3) is 0.900. The summed E-state index contributed by atoms with van der Waals surface area (Å²) in [6, 6.07) is 0. The van der Waals surface area contributed by atoms with Crippen LogP contribution in [0.3, 0.4) is 0 Å². The fourth-order valence-electron chi connectivity index (χ4n) is 3.96. The van der Waals surface area contributed by atoms with E-state index >= 15 is 0 Å². The van der Waals surface area contributed by atoms with Gasteiger partial charge in [0, 0.05) is 36.4 Å². The topological polar surface area (TPSA) is 40.6 Å². The molecular weight excluding hydrogens is 338 g/mol. The van der Waals surface area contributed by atoms with E-state index < -0.39 is 29.5 Å². The second-order valence-electron chi connectivity index (χ2n) is 9.89. The summed E-state index contributed by atoms with van der Waals surface area (Å²) < 4.78 is 28.7. The van der Waals surface area contributed by atoms with Gasteiger partial charge in [-0.25, -0.2) is 8.78 Å². The zero-order valence-corrected chi connectivity index (χ0v) is 17.1. The monoisotopic (exact) mass is 372 g/mol. The number of carbonyl (C=O) groups excluding carboxylic acids is 2. The molecule has 1 amide bonds. The molecule has 0 bridgehead atoms. The second-order valence-corrected chi connectivity index (χ2v) is 9.89. The standard InChI is InChI=1S/C20H34F2N2O2/c1-18(2,3)16(25)15-13-23(12-9-20(15,21)22)17(26)14-7-10-24(11-8-14)19(4,5)6/h14-15H,7-13H2,1-6H3. The number of hydrogen-bond donors (Lipinski definition) is 0. The first-order valence-electron chi connectivity index (χ1n) is 9.69. The zero-order valence-electron chi connectivity index (χ0n) is 17.1. The molecule has 0 aromatic rings. The van der Waals surface area contributed by atoms with Gasteiger partial charge in [0.05, 0.1) is 5.92 Å². The van der Waals surface area contributed by atoms with Crippen LogP contribution in [0.2, 0.25) is 0 Å². The van der Waals surface area contributed by atoms with Crippen LogP contribution in [0, 0.1) is 17.3 Å². The van der Waals surface area contributed by atoms with Crippen LogP contribution >= 0.6 is 0 Å². The number of halogens is 2. The van der Waals surface area contributed by atoms with Crippen molar-refractivity contribution >= 4 is 11.7 Å². The molecule has 26 heavy (non-hydrogen) atoms. The zero-order chi connectivity index (χ0) is 19.9. The van der Waals surface area contributed by atoms with Crippen LogP contribution in [-0.2, 0) is 9.59 Å². The molecule has 2 heterocycles. The summed E-state index contributed by atoms with van der Waals surface area (Å²) in [4.78, 5) is 29.3. The molecule has 150 valence electrons. The Kier molecular flexibility index (Phi) is 5.87. The number of Topliss-reactive ketones (excluding diaryl/α,β-unsaturated/α-hetero) is 1. The number of alkyl halides is 2. The average molecular weight is 373 g/mol. The Morgan fingerprint density at radius 1 is 0.962 bits per heavy atom. The lowest BCUT2D eigenvalue weighted by molar-refractivity contribution is -0.163. The van der Waals surface area contributed by atoms with Gasteiger partial charge >= 0.3 is 0 Å². The first-order chi connectivity index (χ1) is 11.7. The molecule has 2 fully saturated rings. The Bertz CT molecular complexity index is 541. The summed E-state index contributed by atoms with van der Waals surface area (Å²) in [6.07, 6.45) is 1.08. The summed E-state index contributed by atoms with van der Waals surface area (Å²) in [5.41, 5.74) is -0.760. The molecule has 2 rings (SSSR count). The molecule has 0 aromatic carbocycles. The summed E-state index contributed by atoms with van der Waals surface area (Å²) >= 11 is 0. The van der Waals surface area contributed by atoms with E-state index in [1.54, 1.807) is 20.8 Å². The first-order valence-corrected chi connectivity index (χ1v) is 9.69.